The van der Waals surface area contributed by atoms with Crippen molar-refractivity contribution in [2.45, 2.75) is 33.1 Å². The molecular formula is C12H17N. The normalized spacial score (nSPS) is 11.4. The van der Waals surface area contributed by atoms with Crippen LogP contribution in [0.5, 0.6) is 0 Å². The molecule has 0 bridgehead atoms. The lowest BCUT2D eigenvalue weighted by molar-refractivity contribution is 0.567. The maximum atomic E-state index is 4.51. The molecule has 1 rings (SSSR count). The highest BCUT2D eigenvalue weighted by Crippen LogP contribution is 2.21. The van der Waals surface area contributed by atoms with E-state index in [0.717, 1.165) is 17.0 Å². The lowest BCUT2D eigenvalue weighted by Gasteiger charge is -2.18. The van der Waals surface area contributed by atoms with Crippen LogP contribution in [0.3, 0.4) is 0 Å². The van der Waals surface area contributed by atoms with Gasteiger partial charge in [-0.25, -0.2) is 0 Å². The summed E-state index contributed by atoms with van der Waals surface area (Å²) in [5.74, 6) is 0. The van der Waals surface area contributed by atoms with Gasteiger partial charge in [-0.1, -0.05) is 33.4 Å². The lowest BCUT2D eigenvalue weighted by atomic mass is 9.90. The minimum absolute atomic E-state index is 0.115. The molecule has 0 aliphatic carbocycles. The summed E-state index contributed by atoms with van der Waals surface area (Å²) in [4.78, 5) is 4.51. The zero-order valence-electron chi connectivity index (χ0n) is 8.89. The van der Waals surface area contributed by atoms with Crippen LogP contribution >= 0.6 is 0 Å². The molecule has 0 aliphatic rings. The highest BCUT2D eigenvalue weighted by molar-refractivity contribution is 5.48. The van der Waals surface area contributed by atoms with E-state index < -0.39 is 0 Å². The maximum absolute atomic E-state index is 4.51. The van der Waals surface area contributed by atoms with E-state index in [1.165, 1.54) is 0 Å². The quantitative estimate of drug-likeness (QED) is 0.638. The molecule has 0 fully saturated rings. The Hall–Kier alpha value is -1.11. The first-order valence-corrected chi connectivity index (χ1v) is 4.55. The highest BCUT2D eigenvalue weighted by Gasteiger charge is 2.15. The van der Waals surface area contributed by atoms with E-state index in [1.54, 1.807) is 0 Å². The summed E-state index contributed by atoms with van der Waals surface area (Å²) < 4.78 is 0. The largest absolute Gasteiger partial charge is 0.258 e. The van der Waals surface area contributed by atoms with Gasteiger partial charge in [0.05, 0.1) is 0 Å². The average molecular weight is 175 g/mol. The van der Waals surface area contributed by atoms with Crippen LogP contribution in [-0.2, 0) is 5.41 Å². The van der Waals surface area contributed by atoms with Crippen LogP contribution in [0.4, 0.5) is 0 Å². The predicted molar refractivity (Wildman–Crippen MR) is 57.8 cm³/mol. The van der Waals surface area contributed by atoms with E-state index in [0.29, 0.717) is 0 Å². The van der Waals surface area contributed by atoms with Crippen molar-refractivity contribution in [1.29, 1.82) is 0 Å². The van der Waals surface area contributed by atoms with Crippen molar-refractivity contribution < 1.29 is 0 Å². The molecule has 0 unspecified atom stereocenters. The third-order valence-electron chi connectivity index (χ3n) is 1.98. The van der Waals surface area contributed by atoms with Gasteiger partial charge in [-0.05, 0) is 24.6 Å². The predicted octanol–water partition coefficient (Wildman–Crippen LogP) is 3.33. The number of aromatic nitrogens is 1. The summed E-state index contributed by atoms with van der Waals surface area (Å²) in [6, 6.07) is 4.14. The molecule has 0 saturated carbocycles. The fraction of sp³-hybridized carbons (Fsp3) is 0.417. The zero-order chi connectivity index (χ0) is 10.1. The van der Waals surface area contributed by atoms with Crippen LogP contribution in [-0.4, -0.2) is 4.98 Å². The fourth-order valence-electron chi connectivity index (χ4n) is 1.20. The van der Waals surface area contributed by atoms with Crippen molar-refractivity contribution in [3.05, 3.63) is 35.7 Å². The zero-order valence-corrected chi connectivity index (χ0v) is 8.89. The summed E-state index contributed by atoms with van der Waals surface area (Å²) in [5, 5.41) is 0. The first kappa shape index (κ1) is 9.97. The summed E-state index contributed by atoms with van der Waals surface area (Å²) >= 11 is 0. The first-order valence-electron chi connectivity index (χ1n) is 4.55. The average Bonchev–Trinajstić information content (AvgIpc) is 2.01. The number of pyridine rings is 1. The number of nitrogens with zero attached hydrogens (tertiary/aromatic N) is 1. The molecule has 70 valence electrons. The van der Waals surface area contributed by atoms with Crippen molar-refractivity contribution in [2.75, 3.05) is 0 Å². The van der Waals surface area contributed by atoms with Crippen molar-refractivity contribution >= 4 is 6.08 Å². The topological polar surface area (TPSA) is 12.9 Å². The molecule has 0 aliphatic heterocycles. The van der Waals surface area contributed by atoms with Gasteiger partial charge in [0.25, 0.3) is 0 Å². The van der Waals surface area contributed by atoms with Crippen molar-refractivity contribution in [1.82, 2.24) is 4.98 Å². The van der Waals surface area contributed by atoms with Crippen LogP contribution < -0.4 is 0 Å². The molecule has 1 heterocycles. The van der Waals surface area contributed by atoms with Gasteiger partial charge in [0.1, 0.15) is 0 Å². The molecular weight excluding hydrogens is 158 g/mol. The summed E-state index contributed by atoms with van der Waals surface area (Å²) in [7, 11) is 0. The van der Waals surface area contributed by atoms with Gasteiger partial charge in [0.2, 0.25) is 0 Å². The third-order valence-corrected chi connectivity index (χ3v) is 1.98. The lowest BCUT2D eigenvalue weighted by Crippen LogP contribution is -2.14. The van der Waals surface area contributed by atoms with Gasteiger partial charge in [-0.3, -0.25) is 4.98 Å². The fourth-order valence-corrected chi connectivity index (χ4v) is 1.20. The van der Waals surface area contributed by atoms with Gasteiger partial charge in [0, 0.05) is 16.8 Å². The second-order valence-electron chi connectivity index (χ2n) is 4.38. The van der Waals surface area contributed by atoms with E-state index in [1.807, 2.05) is 19.1 Å². The SMILES string of the molecule is C=Cc1cc(C)nc(C(C)(C)C)c1. The standard InChI is InChI=1S/C12H17N/c1-6-10-7-9(2)13-11(8-10)12(3,4)5/h6-8H,1H2,2-5H3. The molecule has 1 aromatic rings. The van der Waals surface area contributed by atoms with Gasteiger partial charge in [-0.15, -0.1) is 0 Å². The maximum Gasteiger partial charge on any atom is 0.0466 e. The molecule has 0 spiro atoms. The molecule has 0 atom stereocenters. The third kappa shape index (κ3) is 2.41. The Morgan fingerprint density at radius 3 is 2.38 bits per heavy atom. The molecule has 0 N–H and O–H groups in total. The number of rotatable bonds is 1. The first-order chi connectivity index (χ1) is 5.93. The van der Waals surface area contributed by atoms with E-state index in [9.17, 15) is 0 Å². The van der Waals surface area contributed by atoms with Crippen LogP contribution in [0.25, 0.3) is 6.08 Å². The summed E-state index contributed by atoms with van der Waals surface area (Å²) in [6.07, 6.45) is 1.86. The van der Waals surface area contributed by atoms with E-state index in [-0.39, 0.29) is 5.41 Å². The second-order valence-corrected chi connectivity index (χ2v) is 4.38. The molecule has 1 nitrogen and oxygen atoms in total. The van der Waals surface area contributed by atoms with E-state index >= 15 is 0 Å². The van der Waals surface area contributed by atoms with Crippen LogP contribution in [0.1, 0.15) is 37.7 Å². The monoisotopic (exact) mass is 175 g/mol. The van der Waals surface area contributed by atoms with Crippen molar-refractivity contribution in [3.8, 4) is 0 Å². The van der Waals surface area contributed by atoms with Crippen molar-refractivity contribution in [2.24, 2.45) is 0 Å². The Balaban J connectivity index is 3.24. The molecule has 0 amide bonds. The molecule has 0 aromatic carbocycles. The summed E-state index contributed by atoms with van der Waals surface area (Å²) in [5.41, 5.74) is 3.45. The van der Waals surface area contributed by atoms with Crippen molar-refractivity contribution in [3.63, 3.8) is 0 Å². The molecule has 0 radical (unpaired) electrons. The Labute approximate surface area is 80.5 Å². The van der Waals surface area contributed by atoms with Crippen LogP contribution in [0.15, 0.2) is 18.7 Å². The van der Waals surface area contributed by atoms with Gasteiger partial charge < -0.3 is 0 Å². The van der Waals surface area contributed by atoms with Gasteiger partial charge >= 0.3 is 0 Å². The number of aryl methyl sites for hydroxylation is 1. The van der Waals surface area contributed by atoms with Gasteiger partial charge in [0.15, 0.2) is 0 Å². The second kappa shape index (κ2) is 3.33. The minimum atomic E-state index is 0.115. The molecule has 1 heteroatoms. The Bertz CT molecular complexity index is 318. The molecule has 13 heavy (non-hydrogen) atoms. The van der Waals surface area contributed by atoms with E-state index in [4.69, 9.17) is 0 Å². The Morgan fingerprint density at radius 1 is 1.31 bits per heavy atom. The summed E-state index contributed by atoms with van der Waals surface area (Å²) in [6.45, 7) is 12.3. The van der Waals surface area contributed by atoms with E-state index in [2.05, 4.69) is 38.4 Å². The Morgan fingerprint density at radius 2 is 1.92 bits per heavy atom. The van der Waals surface area contributed by atoms with Crippen LogP contribution in [0, 0.1) is 6.92 Å². The number of hydrogen-bond acceptors (Lipinski definition) is 1. The smallest absolute Gasteiger partial charge is 0.0466 e. The molecule has 0 saturated heterocycles. The highest BCUT2D eigenvalue weighted by atomic mass is 14.7. The molecule has 1 aromatic heterocycles. The Kier molecular flexibility index (Phi) is 2.55. The van der Waals surface area contributed by atoms with Crippen LogP contribution in [0.2, 0.25) is 0 Å². The minimum Gasteiger partial charge on any atom is -0.258 e. The number of hydrogen-bond donors (Lipinski definition) is 0. The van der Waals surface area contributed by atoms with Gasteiger partial charge in [-0.2, -0.15) is 0 Å².